The fourth-order valence-electron chi connectivity index (χ4n) is 1.18. The number of benzene rings is 1. The summed E-state index contributed by atoms with van der Waals surface area (Å²) in [6.45, 7) is 4.00. The molecular formula is C12H11IO3. The Hall–Kier alpha value is -1.22. The third-order valence-corrected chi connectivity index (χ3v) is 2.42. The van der Waals surface area contributed by atoms with Crippen LogP contribution in [0.2, 0.25) is 0 Å². The van der Waals surface area contributed by atoms with Gasteiger partial charge in [-0.3, -0.25) is 0 Å². The van der Waals surface area contributed by atoms with Gasteiger partial charge in [0.15, 0.2) is 0 Å². The van der Waals surface area contributed by atoms with E-state index in [1.807, 2.05) is 48.6 Å². The number of hydrogen-bond acceptors (Lipinski definition) is 3. The van der Waals surface area contributed by atoms with Gasteiger partial charge in [-0.2, -0.15) is 0 Å². The van der Waals surface area contributed by atoms with Gasteiger partial charge in [-0.25, -0.2) is 4.79 Å². The largest absolute Gasteiger partial charge is 0.514 e. The smallest absolute Gasteiger partial charge is 0.429 e. The summed E-state index contributed by atoms with van der Waals surface area (Å²) in [5.74, 6) is 3.24. The quantitative estimate of drug-likeness (QED) is 0.316. The van der Waals surface area contributed by atoms with Gasteiger partial charge in [-0.1, -0.05) is 12.0 Å². The van der Waals surface area contributed by atoms with E-state index in [1.54, 1.807) is 6.07 Å². The first kappa shape index (κ1) is 12.8. The highest BCUT2D eigenvalue weighted by atomic mass is 127. The molecule has 3 nitrogen and oxygen atoms in total. The zero-order valence-corrected chi connectivity index (χ0v) is 11.2. The van der Waals surface area contributed by atoms with Gasteiger partial charge >= 0.3 is 6.16 Å². The highest BCUT2D eigenvalue weighted by Crippen LogP contribution is 2.22. The van der Waals surface area contributed by atoms with Crippen LogP contribution in [0.1, 0.15) is 18.1 Å². The minimum Gasteiger partial charge on any atom is -0.429 e. The second-order valence-corrected chi connectivity index (χ2v) is 3.62. The van der Waals surface area contributed by atoms with Crippen LogP contribution in [0.5, 0.6) is 5.75 Å². The van der Waals surface area contributed by atoms with Crippen LogP contribution in [-0.4, -0.2) is 6.16 Å². The summed E-state index contributed by atoms with van der Waals surface area (Å²) in [7, 11) is 0. The Kier molecular flexibility index (Phi) is 5.12. The molecule has 0 saturated heterocycles. The van der Waals surface area contributed by atoms with Gasteiger partial charge in [0.2, 0.25) is 0 Å². The van der Waals surface area contributed by atoms with E-state index in [0.717, 1.165) is 11.1 Å². The second-order valence-electron chi connectivity index (χ2n) is 3.09. The molecule has 0 fully saturated rings. The van der Waals surface area contributed by atoms with Crippen LogP contribution in [0.15, 0.2) is 18.2 Å². The Labute approximate surface area is 108 Å². The van der Waals surface area contributed by atoms with E-state index in [4.69, 9.17) is 9.47 Å². The van der Waals surface area contributed by atoms with Crippen LogP contribution in [-0.2, 0) is 11.3 Å². The van der Waals surface area contributed by atoms with Crippen molar-refractivity contribution in [2.24, 2.45) is 0 Å². The van der Waals surface area contributed by atoms with Crippen LogP contribution in [0.3, 0.4) is 0 Å². The SMILES string of the molecule is CC#CI.Cc1cc2ccc1OC(=O)OC2. The normalized spacial score (nSPS) is 11.8. The molecule has 1 aromatic carbocycles. The molecule has 0 aliphatic carbocycles. The molecule has 16 heavy (non-hydrogen) atoms. The van der Waals surface area contributed by atoms with Crippen molar-refractivity contribution in [3.05, 3.63) is 29.3 Å². The third kappa shape index (κ3) is 3.74. The van der Waals surface area contributed by atoms with E-state index in [0.29, 0.717) is 12.4 Å². The number of halogens is 1. The molecule has 0 amide bonds. The monoisotopic (exact) mass is 330 g/mol. The molecular weight excluding hydrogens is 319 g/mol. The molecule has 2 bridgehead atoms. The Morgan fingerprint density at radius 3 is 2.69 bits per heavy atom. The molecule has 84 valence electrons. The van der Waals surface area contributed by atoms with Crippen LogP contribution < -0.4 is 4.74 Å². The van der Waals surface area contributed by atoms with Crippen molar-refractivity contribution >= 4 is 28.7 Å². The first-order valence-corrected chi connectivity index (χ1v) is 5.71. The van der Waals surface area contributed by atoms with E-state index < -0.39 is 6.16 Å². The Morgan fingerprint density at radius 1 is 1.44 bits per heavy atom. The number of aryl methyl sites for hydroxylation is 1. The zero-order chi connectivity index (χ0) is 12.0. The highest BCUT2D eigenvalue weighted by molar-refractivity contribution is 14.1. The van der Waals surface area contributed by atoms with Gasteiger partial charge in [0.05, 0.1) is 0 Å². The fraction of sp³-hybridized carbons (Fsp3) is 0.250. The summed E-state index contributed by atoms with van der Waals surface area (Å²) in [5.41, 5.74) is 1.96. The third-order valence-electron chi connectivity index (χ3n) is 1.88. The maximum absolute atomic E-state index is 10.8. The molecule has 2 heterocycles. The van der Waals surface area contributed by atoms with Gasteiger partial charge in [0.1, 0.15) is 12.4 Å². The van der Waals surface area contributed by atoms with Crippen molar-refractivity contribution in [3.8, 4) is 15.6 Å². The van der Waals surface area contributed by atoms with Crippen LogP contribution in [0, 0.1) is 16.8 Å². The lowest BCUT2D eigenvalue weighted by atomic mass is 10.1. The number of ether oxygens (including phenoxy) is 2. The number of hydrogen-bond donors (Lipinski definition) is 0. The van der Waals surface area contributed by atoms with E-state index in [-0.39, 0.29) is 0 Å². The summed E-state index contributed by atoms with van der Waals surface area (Å²) < 4.78 is 12.3. The minimum atomic E-state index is -0.626. The number of rotatable bonds is 0. The molecule has 2 aliphatic heterocycles. The summed E-state index contributed by atoms with van der Waals surface area (Å²) in [4.78, 5) is 10.8. The van der Waals surface area contributed by atoms with Crippen molar-refractivity contribution in [1.82, 2.24) is 0 Å². The number of carbonyl (C=O) groups is 1. The van der Waals surface area contributed by atoms with Crippen molar-refractivity contribution in [2.75, 3.05) is 0 Å². The zero-order valence-electron chi connectivity index (χ0n) is 9.04. The lowest BCUT2D eigenvalue weighted by molar-refractivity contribution is 0.0904. The van der Waals surface area contributed by atoms with Crippen LogP contribution in [0.4, 0.5) is 4.79 Å². The summed E-state index contributed by atoms with van der Waals surface area (Å²) in [6, 6.07) is 5.61. The van der Waals surface area contributed by atoms with E-state index in [9.17, 15) is 4.79 Å². The Morgan fingerprint density at radius 2 is 2.12 bits per heavy atom. The van der Waals surface area contributed by atoms with Gasteiger partial charge in [0, 0.05) is 22.6 Å². The maximum Gasteiger partial charge on any atom is 0.514 e. The van der Waals surface area contributed by atoms with Gasteiger partial charge in [0.25, 0.3) is 0 Å². The molecule has 0 spiro atoms. The fourth-order valence-corrected chi connectivity index (χ4v) is 1.18. The average molecular weight is 330 g/mol. The predicted octanol–water partition coefficient (Wildman–Crippen LogP) is 3.43. The molecule has 0 aromatic heterocycles. The summed E-state index contributed by atoms with van der Waals surface area (Å²) in [6.07, 6.45) is -0.626. The van der Waals surface area contributed by atoms with E-state index >= 15 is 0 Å². The van der Waals surface area contributed by atoms with Gasteiger partial charge in [-0.05, 0) is 41.0 Å². The Balaban J connectivity index is 0.000000280. The molecule has 1 aromatic rings. The molecule has 4 heteroatoms. The molecule has 2 aliphatic rings. The molecule has 0 N–H and O–H groups in total. The molecule has 0 unspecified atom stereocenters. The highest BCUT2D eigenvalue weighted by Gasteiger charge is 2.13. The Bertz CT molecular complexity index is 437. The summed E-state index contributed by atoms with van der Waals surface area (Å²) >= 11 is 1.99. The summed E-state index contributed by atoms with van der Waals surface area (Å²) in [5, 5.41) is 0. The standard InChI is InChI=1S/C9H8O3.C3H3I/c1-6-4-7-2-3-8(6)12-9(10)11-5-7;1-2-3-4/h2-4H,5H2,1H3;1H3. The minimum absolute atomic E-state index is 0.292. The first-order valence-electron chi connectivity index (χ1n) is 4.64. The lowest BCUT2D eigenvalue weighted by Crippen LogP contribution is -2.13. The second kappa shape index (κ2) is 6.38. The van der Waals surface area contributed by atoms with E-state index in [1.165, 1.54) is 0 Å². The maximum atomic E-state index is 10.8. The predicted molar refractivity (Wildman–Crippen MR) is 69.5 cm³/mol. The topological polar surface area (TPSA) is 35.5 Å². The number of fused-ring (bicyclic) bond motifs is 5. The molecule has 0 radical (unpaired) electrons. The van der Waals surface area contributed by atoms with Gasteiger partial charge < -0.3 is 9.47 Å². The van der Waals surface area contributed by atoms with Gasteiger partial charge in [-0.15, -0.1) is 0 Å². The molecule has 0 atom stereocenters. The van der Waals surface area contributed by atoms with Crippen molar-refractivity contribution in [2.45, 2.75) is 20.5 Å². The van der Waals surface area contributed by atoms with Crippen molar-refractivity contribution in [1.29, 1.82) is 0 Å². The lowest BCUT2D eigenvalue weighted by Gasteiger charge is -2.13. The van der Waals surface area contributed by atoms with E-state index in [2.05, 4.69) is 9.85 Å². The number of carbonyl (C=O) groups excluding carboxylic acids is 1. The molecule has 0 saturated carbocycles. The average Bonchev–Trinajstić information content (AvgIpc) is 2.27. The molecule has 3 rings (SSSR count). The first-order chi connectivity index (χ1) is 7.67. The van der Waals surface area contributed by atoms with Crippen molar-refractivity contribution in [3.63, 3.8) is 0 Å². The van der Waals surface area contributed by atoms with Crippen molar-refractivity contribution < 1.29 is 14.3 Å². The van der Waals surface area contributed by atoms with Crippen LogP contribution in [0.25, 0.3) is 0 Å². The van der Waals surface area contributed by atoms with Crippen LogP contribution >= 0.6 is 22.6 Å².